The Morgan fingerprint density at radius 2 is 1.90 bits per heavy atom. The average Bonchev–Trinajstić information content (AvgIpc) is 2.94. The van der Waals surface area contributed by atoms with Crippen molar-refractivity contribution in [3.63, 3.8) is 0 Å². The number of ether oxygens (including phenoxy) is 2. The van der Waals surface area contributed by atoms with Gasteiger partial charge in [-0.1, -0.05) is 29.8 Å². The molecule has 3 aromatic rings. The Hall–Kier alpha value is -2.76. The van der Waals surface area contributed by atoms with Crippen molar-refractivity contribution in [3.8, 4) is 5.75 Å². The van der Waals surface area contributed by atoms with Gasteiger partial charge in [-0.15, -0.1) is 0 Å². The highest BCUT2D eigenvalue weighted by Crippen LogP contribution is 2.41. The molecular formula is C19H14ClF3N2O5S. The fourth-order valence-corrected chi connectivity index (χ4v) is 5.02. The van der Waals surface area contributed by atoms with Gasteiger partial charge in [-0.25, -0.2) is 17.2 Å². The van der Waals surface area contributed by atoms with E-state index in [1.807, 2.05) is 0 Å². The van der Waals surface area contributed by atoms with Crippen molar-refractivity contribution in [2.45, 2.75) is 17.3 Å². The summed E-state index contributed by atoms with van der Waals surface area (Å²) in [5.41, 5.74) is 0.0903. The van der Waals surface area contributed by atoms with Crippen LogP contribution >= 0.6 is 11.6 Å². The molecule has 0 saturated carbocycles. The van der Waals surface area contributed by atoms with E-state index in [1.165, 1.54) is 24.3 Å². The molecule has 164 valence electrons. The highest BCUT2D eigenvalue weighted by molar-refractivity contribution is 7.90. The number of esters is 1. The number of hydrogen-bond donors (Lipinski definition) is 1. The van der Waals surface area contributed by atoms with E-state index in [9.17, 15) is 26.4 Å². The number of carbonyl (C=O) groups is 1. The topological polar surface area (TPSA) is 86.6 Å². The van der Waals surface area contributed by atoms with E-state index in [0.717, 1.165) is 10.2 Å². The van der Waals surface area contributed by atoms with Gasteiger partial charge in [0, 0.05) is 18.1 Å². The summed E-state index contributed by atoms with van der Waals surface area (Å²) in [6.07, 6.45) is -5.62. The number of hydrogen-bond acceptors (Lipinski definition) is 6. The van der Waals surface area contributed by atoms with Crippen molar-refractivity contribution >= 4 is 38.5 Å². The van der Waals surface area contributed by atoms with Crippen molar-refractivity contribution in [2.75, 3.05) is 13.2 Å². The molecule has 0 saturated heterocycles. The third kappa shape index (κ3) is 3.84. The van der Waals surface area contributed by atoms with E-state index in [4.69, 9.17) is 16.3 Å². The zero-order chi connectivity index (χ0) is 22.4. The minimum Gasteiger partial charge on any atom is -0.492 e. The summed E-state index contributed by atoms with van der Waals surface area (Å²) >= 11 is 6.32. The standard InChI is InChI=1S/C19H14ClF3N2O5S/c20-12-10-25(31(27,28)11-4-2-1-3-5-11)13-6-7-14-16(15(12)13)17(24-8-9-29-14)30-18(26)19(21,22)23/h1-7,10,17,24H,8-9H2. The number of nitrogens with zero attached hydrogens (tertiary/aromatic N) is 1. The van der Waals surface area contributed by atoms with E-state index in [1.54, 1.807) is 18.2 Å². The lowest BCUT2D eigenvalue weighted by molar-refractivity contribution is -0.206. The van der Waals surface area contributed by atoms with Crippen molar-refractivity contribution < 1.29 is 35.9 Å². The first-order valence-corrected chi connectivity index (χ1v) is 10.7. The molecule has 2 aromatic carbocycles. The van der Waals surface area contributed by atoms with E-state index in [-0.39, 0.29) is 45.3 Å². The van der Waals surface area contributed by atoms with E-state index in [2.05, 4.69) is 10.1 Å². The van der Waals surface area contributed by atoms with Crippen LogP contribution < -0.4 is 10.1 Å². The van der Waals surface area contributed by atoms with Crippen molar-refractivity contribution in [1.29, 1.82) is 0 Å². The normalized spacial score (nSPS) is 17.0. The molecule has 0 spiro atoms. The summed E-state index contributed by atoms with van der Waals surface area (Å²) in [7, 11) is -4.06. The zero-order valence-electron chi connectivity index (χ0n) is 15.5. The summed E-state index contributed by atoms with van der Waals surface area (Å²) in [5.74, 6) is -2.28. The summed E-state index contributed by atoms with van der Waals surface area (Å²) in [6.45, 7) is 0.159. The first-order chi connectivity index (χ1) is 14.6. The number of halogens is 4. The van der Waals surface area contributed by atoms with E-state index >= 15 is 0 Å². The fourth-order valence-electron chi connectivity index (χ4n) is 3.28. The maximum Gasteiger partial charge on any atom is 0.490 e. The molecule has 0 bridgehead atoms. The number of benzene rings is 2. The molecule has 4 rings (SSSR count). The van der Waals surface area contributed by atoms with Crippen LogP contribution in [0.15, 0.2) is 53.6 Å². The lowest BCUT2D eigenvalue weighted by Gasteiger charge is -2.20. The third-order valence-electron chi connectivity index (χ3n) is 4.60. The molecule has 1 N–H and O–H groups in total. The summed E-state index contributed by atoms with van der Waals surface area (Å²) in [4.78, 5) is 11.5. The molecule has 1 atom stereocenters. The predicted molar refractivity (Wildman–Crippen MR) is 104 cm³/mol. The minimum absolute atomic E-state index is 0.000360. The Morgan fingerprint density at radius 1 is 1.19 bits per heavy atom. The van der Waals surface area contributed by atoms with Gasteiger partial charge >= 0.3 is 12.1 Å². The van der Waals surface area contributed by atoms with Crippen LogP contribution in [0.1, 0.15) is 11.8 Å². The fraction of sp³-hybridized carbons (Fsp3) is 0.211. The van der Waals surface area contributed by atoms with Gasteiger partial charge < -0.3 is 9.47 Å². The van der Waals surface area contributed by atoms with Gasteiger partial charge in [0.1, 0.15) is 12.4 Å². The molecule has 0 aliphatic carbocycles. The van der Waals surface area contributed by atoms with Gasteiger partial charge in [-0.2, -0.15) is 13.2 Å². The van der Waals surface area contributed by atoms with Gasteiger partial charge in [-0.05, 0) is 24.3 Å². The first-order valence-electron chi connectivity index (χ1n) is 8.89. The maximum absolute atomic E-state index is 13.1. The maximum atomic E-state index is 13.1. The van der Waals surface area contributed by atoms with Gasteiger partial charge in [0.25, 0.3) is 10.0 Å². The Morgan fingerprint density at radius 3 is 2.58 bits per heavy atom. The van der Waals surface area contributed by atoms with Crippen LogP contribution in [0.3, 0.4) is 0 Å². The van der Waals surface area contributed by atoms with Crippen LogP contribution in [-0.2, 0) is 19.6 Å². The number of rotatable bonds is 3. The smallest absolute Gasteiger partial charge is 0.490 e. The molecule has 0 fully saturated rings. The van der Waals surface area contributed by atoms with Crippen molar-refractivity contribution in [3.05, 3.63) is 59.2 Å². The highest BCUT2D eigenvalue weighted by atomic mass is 35.5. The number of aromatic nitrogens is 1. The Balaban J connectivity index is 1.91. The summed E-state index contributed by atoms with van der Waals surface area (Å²) < 4.78 is 75.7. The molecule has 0 amide bonds. The van der Waals surface area contributed by atoms with Crippen LogP contribution in [-0.4, -0.2) is 37.7 Å². The van der Waals surface area contributed by atoms with Crippen LogP contribution in [0.4, 0.5) is 13.2 Å². The lowest BCUT2D eigenvalue weighted by Crippen LogP contribution is -2.33. The highest BCUT2D eigenvalue weighted by Gasteiger charge is 2.43. The third-order valence-corrected chi connectivity index (χ3v) is 6.57. The number of fused-ring (bicyclic) bond motifs is 3. The molecule has 1 unspecified atom stereocenters. The first kappa shape index (κ1) is 21.5. The average molecular weight is 475 g/mol. The molecule has 1 aliphatic heterocycles. The van der Waals surface area contributed by atoms with Gasteiger partial charge in [0.15, 0.2) is 6.23 Å². The van der Waals surface area contributed by atoms with E-state index in [0.29, 0.717) is 0 Å². The monoisotopic (exact) mass is 474 g/mol. The second-order valence-corrected chi connectivity index (χ2v) is 8.77. The van der Waals surface area contributed by atoms with Gasteiger partial charge in [0.05, 0.1) is 21.0 Å². The molecule has 12 heteroatoms. The van der Waals surface area contributed by atoms with Crippen LogP contribution in [0.25, 0.3) is 10.9 Å². The van der Waals surface area contributed by atoms with E-state index < -0.39 is 28.4 Å². The molecule has 2 heterocycles. The van der Waals surface area contributed by atoms with Crippen LogP contribution in [0.2, 0.25) is 5.02 Å². The second-order valence-electron chi connectivity index (χ2n) is 6.55. The molecule has 1 aliphatic rings. The molecule has 1 aromatic heterocycles. The summed E-state index contributed by atoms with van der Waals surface area (Å²) in [5, 5.41) is 2.68. The molecule has 0 radical (unpaired) electrons. The Bertz CT molecular complexity index is 1260. The Labute approximate surface area is 179 Å². The minimum atomic E-state index is -5.21. The zero-order valence-corrected chi connectivity index (χ0v) is 17.1. The predicted octanol–water partition coefficient (Wildman–Crippen LogP) is 3.62. The lowest BCUT2D eigenvalue weighted by atomic mass is 10.1. The number of nitrogens with one attached hydrogen (secondary N) is 1. The number of carbonyl (C=O) groups excluding carboxylic acids is 1. The Kier molecular flexibility index (Phi) is 5.36. The van der Waals surface area contributed by atoms with Crippen molar-refractivity contribution in [1.82, 2.24) is 9.29 Å². The SMILES string of the molecule is O=C(OC1NCCOc2ccc3c(c(Cl)cn3S(=O)(=O)c3ccccc3)c21)C(F)(F)F. The second kappa shape index (κ2) is 7.74. The van der Waals surface area contributed by atoms with Gasteiger partial charge in [-0.3, -0.25) is 5.32 Å². The van der Waals surface area contributed by atoms with Crippen LogP contribution in [0, 0.1) is 0 Å². The summed E-state index contributed by atoms with van der Waals surface area (Å²) in [6, 6.07) is 10.4. The van der Waals surface area contributed by atoms with Gasteiger partial charge in [0.2, 0.25) is 0 Å². The largest absolute Gasteiger partial charge is 0.492 e. The quantitative estimate of drug-likeness (QED) is 0.583. The van der Waals surface area contributed by atoms with Crippen LogP contribution in [0.5, 0.6) is 5.75 Å². The molecule has 7 nitrogen and oxygen atoms in total. The number of alkyl halides is 3. The van der Waals surface area contributed by atoms with Crippen molar-refractivity contribution in [2.24, 2.45) is 0 Å². The molecule has 31 heavy (non-hydrogen) atoms. The molecular weight excluding hydrogens is 461 g/mol.